The lowest BCUT2D eigenvalue weighted by molar-refractivity contribution is 0.475. The third-order valence-electron chi connectivity index (χ3n) is 7.94. The van der Waals surface area contributed by atoms with E-state index in [1.807, 2.05) is 30.3 Å². The van der Waals surface area contributed by atoms with E-state index in [2.05, 4.69) is 84.9 Å². The number of benzene rings is 7. The number of phenolic OH excluding ortho intramolecular Hbond substituents is 1. The molecule has 208 valence electrons. The van der Waals surface area contributed by atoms with Crippen LogP contribution < -0.4 is 0 Å². The van der Waals surface area contributed by atoms with Gasteiger partial charge in [-0.2, -0.15) is 8.42 Å². The largest absolute Gasteiger partial charge is 0.508 e. The summed E-state index contributed by atoms with van der Waals surface area (Å²) in [7, 11) is -4.29. The zero-order valence-electron chi connectivity index (χ0n) is 23.0. The van der Waals surface area contributed by atoms with Crippen molar-refractivity contribution in [1.82, 2.24) is 0 Å². The molecule has 0 aliphatic heterocycles. The molecule has 0 fully saturated rings. The van der Waals surface area contributed by atoms with E-state index in [1.54, 1.807) is 18.2 Å². The number of fused-ring (bicyclic) bond motifs is 2. The van der Waals surface area contributed by atoms with Crippen LogP contribution in [0.5, 0.6) is 5.75 Å². The summed E-state index contributed by atoms with van der Waals surface area (Å²) in [5.74, 6) is 0.249. The first kappa shape index (κ1) is 26.7. The predicted molar refractivity (Wildman–Crippen MR) is 175 cm³/mol. The van der Waals surface area contributed by atoms with Gasteiger partial charge in [-0.1, -0.05) is 121 Å². The van der Waals surface area contributed by atoms with Crippen LogP contribution in [-0.4, -0.2) is 18.1 Å². The molecule has 4 nitrogen and oxygen atoms in total. The van der Waals surface area contributed by atoms with Gasteiger partial charge in [-0.05, 0) is 90.3 Å². The second-order valence-electron chi connectivity index (χ2n) is 10.5. The zero-order chi connectivity index (χ0) is 29.6. The van der Waals surface area contributed by atoms with Crippen LogP contribution in [0.4, 0.5) is 0 Å². The van der Waals surface area contributed by atoms with Crippen LogP contribution in [0.1, 0.15) is 0 Å². The van der Waals surface area contributed by atoms with Crippen LogP contribution in [0.2, 0.25) is 0 Å². The molecule has 0 heterocycles. The fourth-order valence-corrected chi connectivity index (χ4v) is 6.43. The van der Waals surface area contributed by atoms with E-state index in [-0.39, 0.29) is 10.6 Å². The van der Waals surface area contributed by atoms with Gasteiger partial charge in [0, 0.05) is 0 Å². The summed E-state index contributed by atoms with van der Waals surface area (Å²) in [4.78, 5) is -0.127. The Balaban J connectivity index is 1.37. The Bertz CT molecular complexity index is 2180. The molecular weight excluding hydrogens is 552 g/mol. The Morgan fingerprint density at radius 3 is 1.19 bits per heavy atom. The first-order valence-electron chi connectivity index (χ1n) is 13.9. The van der Waals surface area contributed by atoms with Gasteiger partial charge in [0.15, 0.2) is 0 Å². The molecule has 43 heavy (non-hydrogen) atoms. The van der Waals surface area contributed by atoms with Gasteiger partial charge < -0.3 is 5.11 Å². The van der Waals surface area contributed by atoms with Gasteiger partial charge in [-0.15, -0.1) is 0 Å². The number of hydrogen-bond acceptors (Lipinski definition) is 3. The van der Waals surface area contributed by atoms with Gasteiger partial charge in [0.1, 0.15) is 5.75 Å². The van der Waals surface area contributed by atoms with E-state index < -0.39 is 10.1 Å². The highest BCUT2D eigenvalue weighted by Crippen LogP contribution is 2.44. The standard InChI is InChI=1S/C38H26O4S/c39-31-22-20-26(21-23-31)25-12-16-28(17-13-25)37-33-8-1-3-10-35(33)38(36-11-4-2-9-34(36)37)29-18-14-27(15-19-29)30-6-5-7-32(24-30)43(40,41)42/h1-24,39H,(H,40,41,42). The van der Waals surface area contributed by atoms with Gasteiger partial charge in [0.25, 0.3) is 10.1 Å². The van der Waals surface area contributed by atoms with Gasteiger partial charge in [0.05, 0.1) is 4.90 Å². The molecule has 0 unspecified atom stereocenters. The van der Waals surface area contributed by atoms with Crippen molar-refractivity contribution in [1.29, 1.82) is 0 Å². The van der Waals surface area contributed by atoms with Crippen molar-refractivity contribution in [3.63, 3.8) is 0 Å². The summed E-state index contributed by atoms with van der Waals surface area (Å²) in [6.45, 7) is 0. The van der Waals surface area contributed by atoms with Crippen molar-refractivity contribution in [3.05, 3.63) is 146 Å². The average Bonchev–Trinajstić information content (AvgIpc) is 3.04. The van der Waals surface area contributed by atoms with Crippen LogP contribution in [0.3, 0.4) is 0 Å². The lowest BCUT2D eigenvalue weighted by Crippen LogP contribution is -1.97. The molecule has 0 saturated heterocycles. The lowest BCUT2D eigenvalue weighted by atomic mass is 9.85. The van der Waals surface area contributed by atoms with Crippen molar-refractivity contribution in [3.8, 4) is 50.3 Å². The van der Waals surface area contributed by atoms with Crippen LogP contribution >= 0.6 is 0 Å². The van der Waals surface area contributed by atoms with E-state index in [0.717, 1.165) is 54.9 Å². The predicted octanol–water partition coefficient (Wildman–Crippen LogP) is 9.61. The summed E-state index contributed by atoms with van der Waals surface area (Å²) in [5.41, 5.74) is 8.17. The van der Waals surface area contributed by atoms with E-state index in [9.17, 15) is 18.1 Å². The highest BCUT2D eigenvalue weighted by Gasteiger charge is 2.17. The van der Waals surface area contributed by atoms with Gasteiger partial charge in [-0.25, -0.2) is 0 Å². The maximum absolute atomic E-state index is 11.7. The summed E-state index contributed by atoms with van der Waals surface area (Å²) < 4.78 is 32.8. The molecule has 0 aliphatic rings. The molecule has 7 aromatic rings. The first-order chi connectivity index (χ1) is 20.9. The number of aromatic hydroxyl groups is 1. The Hall–Kier alpha value is -5.23. The van der Waals surface area contributed by atoms with E-state index in [1.165, 1.54) is 17.7 Å². The molecule has 0 amide bonds. The third kappa shape index (κ3) is 4.95. The van der Waals surface area contributed by atoms with E-state index in [4.69, 9.17) is 0 Å². The normalized spacial score (nSPS) is 11.7. The maximum Gasteiger partial charge on any atom is 0.294 e. The molecule has 5 heteroatoms. The molecule has 0 bridgehead atoms. The Morgan fingerprint density at radius 2 is 0.767 bits per heavy atom. The minimum absolute atomic E-state index is 0.127. The summed E-state index contributed by atoms with van der Waals surface area (Å²) >= 11 is 0. The second kappa shape index (κ2) is 10.6. The van der Waals surface area contributed by atoms with Crippen LogP contribution in [0.25, 0.3) is 66.1 Å². The molecule has 0 spiro atoms. The molecule has 0 aliphatic carbocycles. The molecule has 0 radical (unpaired) electrons. The maximum atomic E-state index is 11.7. The molecular formula is C38H26O4S. The van der Waals surface area contributed by atoms with Crippen LogP contribution in [0, 0.1) is 0 Å². The molecule has 2 N–H and O–H groups in total. The minimum atomic E-state index is -4.29. The smallest absolute Gasteiger partial charge is 0.294 e. The lowest BCUT2D eigenvalue weighted by Gasteiger charge is -2.18. The first-order valence-corrected chi connectivity index (χ1v) is 15.3. The number of phenols is 1. The summed E-state index contributed by atoms with van der Waals surface area (Å²) in [6, 6.07) is 47.1. The highest BCUT2D eigenvalue weighted by molar-refractivity contribution is 7.85. The zero-order valence-corrected chi connectivity index (χ0v) is 23.8. The van der Waals surface area contributed by atoms with Crippen LogP contribution in [-0.2, 0) is 10.1 Å². The van der Waals surface area contributed by atoms with E-state index in [0.29, 0.717) is 5.56 Å². The second-order valence-corrected chi connectivity index (χ2v) is 12.0. The van der Waals surface area contributed by atoms with Gasteiger partial charge in [-0.3, -0.25) is 4.55 Å². The van der Waals surface area contributed by atoms with Crippen molar-refractivity contribution >= 4 is 31.7 Å². The van der Waals surface area contributed by atoms with Crippen molar-refractivity contribution in [2.45, 2.75) is 4.90 Å². The fraction of sp³-hybridized carbons (Fsp3) is 0. The molecule has 7 rings (SSSR count). The molecule has 7 aromatic carbocycles. The highest BCUT2D eigenvalue weighted by atomic mass is 32.2. The van der Waals surface area contributed by atoms with Crippen molar-refractivity contribution in [2.75, 3.05) is 0 Å². The monoisotopic (exact) mass is 578 g/mol. The molecule has 0 saturated carbocycles. The number of rotatable bonds is 5. The van der Waals surface area contributed by atoms with Gasteiger partial charge >= 0.3 is 0 Å². The number of hydrogen-bond donors (Lipinski definition) is 2. The molecule has 0 aromatic heterocycles. The van der Waals surface area contributed by atoms with Crippen molar-refractivity contribution < 1.29 is 18.1 Å². The summed E-state index contributed by atoms with van der Waals surface area (Å²) in [6.07, 6.45) is 0. The van der Waals surface area contributed by atoms with Crippen molar-refractivity contribution in [2.24, 2.45) is 0 Å². The Morgan fingerprint density at radius 1 is 0.395 bits per heavy atom. The van der Waals surface area contributed by atoms with Crippen LogP contribution in [0.15, 0.2) is 150 Å². The van der Waals surface area contributed by atoms with Gasteiger partial charge in [0.2, 0.25) is 0 Å². The molecule has 0 atom stereocenters. The topological polar surface area (TPSA) is 74.6 Å². The SMILES string of the molecule is O=S(=O)(O)c1cccc(-c2ccc(-c3c4ccccc4c(-c4ccc(-c5ccc(O)cc5)cc4)c4ccccc34)cc2)c1. The Labute approximate surface area is 249 Å². The quantitative estimate of drug-likeness (QED) is 0.158. The average molecular weight is 579 g/mol. The third-order valence-corrected chi connectivity index (χ3v) is 8.79. The van der Waals surface area contributed by atoms with E-state index >= 15 is 0 Å². The fourth-order valence-electron chi connectivity index (χ4n) is 5.90. The summed E-state index contributed by atoms with van der Waals surface area (Å²) in [5, 5.41) is 14.3. The minimum Gasteiger partial charge on any atom is -0.508 e. The Kier molecular flexibility index (Phi) is 6.54.